The summed E-state index contributed by atoms with van der Waals surface area (Å²) in [6, 6.07) is 13.8. The zero-order valence-corrected chi connectivity index (χ0v) is 18.5. The molecule has 4 aromatic carbocycles. The lowest BCUT2D eigenvalue weighted by Crippen LogP contribution is -2.29. The van der Waals surface area contributed by atoms with Gasteiger partial charge < -0.3 is 4.74 Å². The van der Waals surface area contributed by atoms with Gasteiger partial charge in [0.05, 0.1) is 0 Å². The van der Waals surface area contributed by atoms with E-state index in [0.29, 0.717) is 10.9 Å². The van der Waals surface area contributed by atoms with Crippen LogP contribution in [0.25, 0.3) is 32.3 Å². The Morgan fingerprint density at radius 1 is 0.742 bits per heavy atom. The fraction of sp³-hybridized carbons (Fsp3) is 0.346. The Kier molecular flexibility index (Phi) is 4.55. The Balaban J connectivity index is 2.11. The molecule has 0 radical (unpaired) electrons. The third-order valence-corrected chi connectivity index (χ3v) is 5.77. The van der Waals surface area contributed by atoms with Crippen molar-refractivity contribution in [3.8, 4) is 5.75 Å². The zero-order valence-electron chi connectivity index (χ0n) is 18.5. The van der Waals surface area contributed by atoms with Crippen LogP contribution in [0.5, 0.6) is 5.75 Å². The number of ether oxygens (including phenoxy) is 1. The van der Waals surface area contributed by atoms with Gasteiger partial charge in [0.15, 0.2) is 0 Å². The third kappa shape index (κ3) is 3.60. The van der Waals surface area contributed by atoms with E-state index in [1.807, 2.05) is 45.0 Å². The monoisotopic (exact) mass is 426 g/mol. The van der Waals surface area contributed by atoms with Gasteiger partial charge in [-0.2, -0.15) is 13.2 Å². The number of hydrogen-bond donors (Lipinski definition) is 0. The zero-order chi connectivity index (χ0) is 22.9. The molecule has 0 bridgehead atoms. The van der Waals surface area contributed by atoms with Gasteiger partial charge in [-0.1, -0.05) is 71.9 Å². The van der Waals surface area contributed by atoms with E-state index in [2.05, 4.69) is 32.9 Å². The van der Waals surface area contributed by atoms with Gasteiger partial charge in [0.2, 0.25) is 0 Å². The molecule has 0 fully saturated rings. The maximum Gasteiger partial charge on any atom is 0.491 e. The van der Waals surface area contributed by atoms with Crippen LogP contribution < -0.4 is 4.74 Å². The second kappa shape index (κ2) is 6.59. The fourth-order valence-electron chi connectivity index (χ4n) is 4.12. The maximum atomic E-state index is 13.0. The predicted molar refractivity (Wildman–Crippen MR) is 119 cm³/mol. The Bertz CT molecular complexity index is 1300. The van der Waals surface area contributed by atoms with Crippen LogP contribution in [0.1, 0.15) is 52.7 Å². The standard InChI is InChI=1S/C26H25F3O2/c1-24(2,3)17-11-14-7-8-16-13-19(25(4,5)6)22(31-23(30)26(27,28)29)18-10-9-15(12-17)20(14)21(16)18/h7-13H,1-6H3. The average Bonchev–Trinajstić information content (AvgIpc) is 2.64. The number of hydrogen-bond acceptors (Lipinski definition) is 2. The highest BCUT2D eigenvalue weighted by atomic mass is 19.4. The molecule has 0 aliphatic heterocycles. The van der Waals surface area contributed by atoms with Crippen LogP contribution in [0.4, 0.5) is 13.2 Å². The molecule has 0 saturated heterocycles. The number of benzene rings is 4. The van der Waals surface area contributed by atoms with Crippen LogP contribution in [0, 0.1) is 0 Å². The predicted octanol–water partition coefficient (Wildman–Crippen LogP) is 7.65. The van der Waals surface area contributed by atoms with Gasteiger partial charge in [-0.3, -0.25) is 0 Å². The second-order valence-electron chi connectivity index (χ2n) is 10.2. The van der Waals surface area contributed by atoms with Gasteiger partial charge in [0.1, 0.15) is 5.75 Å². The largest absolute Gasteiger partial charge is 0.491 e. The molecule has 0 unspecified atom stereocenters. The summed E-state index contributed by atoms with van der Waals surface area (Å²) in [5, 5.41) is 5.23. The highest BCUT2D eigenvalue weighted by molar-refractivity contribution is 6.24. The minimum atomic E-state index is -5.07. The highest BCUT2D eigenvalue weighted by Gasteiger charge is 2.42. The highest BCUT2D eigenvalue weighted by Crippen LogP contribution is 2.45. The first-order valence-electron chi connectivity index (χ1n) is 10.2. The average molecular weight is 426 g/mol. The summed E-state index contributed by atoms with van der Waals surface area (Å²) in [4.78, 5) is 11.8. The minimum Gasteiger partial charge on any atom is -0.419 e. The summed E-state index contributed by atoms with van der Waals surface area (Å²) in [6.07, 6.45) is -5.07. The summed E-state index contributed by atoms with van der Waals surface area (Å²) in [7, 11) is 0. The molecule has 0 aliphatic carbocycles. The van der Waals surface area contributed by atoms with Crippen molar-refractivity contribution >= 4 is 38.3 Å². The van der Waals surface area contributed by atoms with Crippen molar-refractivity contribution in [2.75, 3.05) is 0 Å². The van der Waals surface area contributed by atoms with Crippen molar-refractivity contribution in [1.29, 1.82) is 0 Å². The molecule has 0 amide bonds. The SMILES string of the molecule is CC(C)(C)c1cc2ccc3cc(C(C)(C)C)c(OC(=O)C(F)(F)F)c4ccc(c1)c2c34. The van der Waals surface area contributed by atoms with E-state index in [1.165, 1.54) is 5.56 Å². The van der Waals surface area contributed by atoms with Crippen molar-refractivity contribution in [3.05, 3.63) is 53.6 Å². The van der Waals surface area contributed by atoms with Gasteiger partial charge >= 0.3 is 12.1 Å². The third-order valence-electron chi connectivity index (χ3n) is 5.77. The molecular weight excluding hydrogens is 401 g/mol. The number of esters is 1. The molecule has 0 saturated carbocycles. The lowest BCUT2D eigenvalue weighted by molar-refractivity contribution is -0.189. The Morgan fingerprint density at radius 3 is 1.74 bits per heavy atom. The smallest absolute Gasteiger partial charge is 0.419 e. The second-order valence-corrected chi connectivity index (χ2v) is 10.2. The topological polar surface area (TPSA) is 26.3 Å². The number of carbonyl (C=O) groups is 1. The Labute approximate surface area is 179 Å². The molecular formula is C26H25F3O2. The molecule has 0 N–H and O–H groups in total. The molecule has 0 aliphatic rings. The molecule has 0 heterocycles. The first-order chi connectivity index (χ1) is 14.2. The molecule has 4 aromatic rings. The van der Waals surface area contributed by atoms with E-state index in [-0.39, 0.29) is 11.2 Å². The normalized spacial score (nSPS) is 13.5. The molecule has 0 spiro atoms. The maximum absolute atomic E-state index is 13.0. The van der Waals surface area contributed by atoms with Gasteiger partial charge in [-0.25, -0.2) is 4.79 Å². The van der Waals surface area contributed by atoms with E-state index in [9.17, 15) is 18.0 Å². The van der Waals surface area contributed by atoms with Crippen molar-refractivity contribution in [2.24, 2.45) is 0 Å². The molecule has 0 atom stereocenters. The lowest BCUT2D eigenvalue weighted by atomic mass is 9.80. The Morgan fingerprint density at radius 2 is 1.26 bits per heavy atom. The summed E-state index contributed by atoms with van der Waals surface area (Å²) in [5.41, 5.74) is 1.17. The first-order valence-corrected chi connectivity index (χ1v) is 10.2. The van der Waals surface area contributed by atoms with Crippen LogP contribution in [0.2, 0.25) is 0 Å². The summed E-state index contributed by atoms with van der Waals surface area (Å²) >= 11 is 0. The fourth-order valence-corrected chi connectivity index (χ4v) is 4.12. The van der Waals surface area contributed by atoms with Crippen LogP contribution >= 0.6 is 0 Å². The van der Waals surface area contributed by atoms with Gasteiger partial charge in [-0.15, -0.1) is 0 Å². The van der Waals surface area contributed by atoms with Gasteiger partial charge in [-0.05, 0) is 50.1 Å². The van der Waals surface area contributed by atoms with E-state index in [4.69, 9.17) is 4.74 Å². The molecule has 31 heavy (non-hydrogen) atoms. The lowest BCUT2D eigenvalue weighted by Gasteiger charge is -2.26. The van der Waals surface area contributed by atoms with Crippen molar-refractivity contribution < 1.29 is 22.7 Å². The number of carbonyl (C=O) groups excluding carboxylic acids is 1. The van der Waals surface area contributed by atoms with Crippen molar-refractivity contribution in [1.82, 2.24) is 0 Å². The van der Waals surface area contributed by atoms with Crippen molar-refractivity contribution in [2.45, 2.75) is 58.5 Å². The van der Waals surface area contributed by atoms with Gasteiger partial charge in [0, 0.05) is 16.3 Å². The molecule has 0 aromatic heterocycles. The van der Waals surface area contributed by atoms with Gasteiger partial charge in [0.25, 0.3) is 0 Å². The van der Waals surface area contributed by atoms with E-state index < -0.39 is 17.6 Å². The summed E-state index contributed by atoms with van der Waals surface area (Å²) in [5.74, 6) is -2.22. The minimum absolute atomic E-state index is 0.0170. The van der Waals surface area contributed by atoms with Crippen molar-refractivity contribution in [3.63, 3.8) is 0 Å². The summed E-state index contributed by atoms with van der Waals surface area (Å²) in [6.45, 7) is 12.1. The molecule has 162 valence electrons. The molecule has 4 rings (SSSR count). The van der Waals surface area contributed by atoms with Crippen LogP contribution in [0.15, 0.2) is 42.5 Å². The quantitative estimate of drug-likeness (QED) is 0.178. The summed E-state index contributed by atoms with van der Waals surface area (Å²) < 4.78 is 44.1. The number of rotatable bonds is 1. The number of halogens is 3. The van der Waals surface area contributed by atoms with Crippen LogP contribution in [-0.4, -0.2) is 12.1 Å². The van der Waals surface area contributed by atoms with E-state index in [1.54, 1.807) is 6.07 Å². The van der Waals surface area contributed by atoms with E-state index >= 15 is 0 Å². The Hall–Kier alpha value is -2.82. The first kappa shape index (κ1) is 21.4. The van der Waals surface area contributed by atoms with Crippen LogP contribution in [0.3, 0.4) is 0 Å². The molecule has 2 nitrogen and oxygen atoms in total. The van der Waals surface area contributed by atoms with E-state index in [0.717, 1.165) is 26.9 Å². The van der Waals surface area contributed by atoms with Crippen LogP contribution in [-0.2, 0) is 15.6 Å². The number of alkyl halides is 3. The molecule has 5 heteroatoms.